The van der Waals surface area contributed by atoms with E-state index < -0.39 is 33.2 Å². The first-order valence-electron chi connectivity index (χ1n) is 5.55. The fourth-order valence-electron chi connectivity index (χ4n) is 1.96. The molecule has 18 heavy (non-hydrogen) atoms. The van der Waals surface area contributed by atoms with Crippen LogP contribution in [-0.4, -0.2) is 30.9 Å². The van der Waals surface area contributed by atoms with Gasteiger partial charge in [-0.2, -0.15) is 4.31 Å². The first-order valence-corrected chi connectivity index (χ1v) is 6.99. The van der Waals surface area contributed by atoms with Crippen LogP contribution in [0.2, 0.25) is 0 Å². The molecule has 0 aromatic heterocycles. The lowest BCUT2D eigenvalue weighted by molar-refractivity contribution is 0.280. The number of sulfonamides is 1. The van der Waals surface area contributed by atoms with Gasteiger partial charge in [0.2, 0.25) is 10.0 Å². The molecule has 1 saturated heterocycles. The number of aliphatic hydroxyl groups is 1. The van der Waals surface area contributed by atoms with E-state index >= 15 is 0 Å². The van der Waals surface area contributed by atoms with Crippen LogP contribution < -0.4 is 0 Å². The summed E-state index contributed by atoms with van der Waals surface area (Å²) in [4.78, 5) is -0.701. The normalized spacial score (nSPS) is 17.3. The molecule has 0 aliphatic carbocycles. The second kappa shape index (κ2) is 4.91. The Morgan fingerprint density at radius 3 is 2.39 bits per heavy atom. The van der Waals surface area contributed by atoms with Crippen molar-refractivity contribution in [3.8, 4) is 0 Å². The predicted molar refractivity (Wildman–Crippen MR) is 60.3 cm³/mol. The number of halogens is 2. The second-order valence-corrected chi connectivity index (χ2v) is 6.07. The number of benzene rings is 1. The molecular weight excluding hydrogens is 264 g/mol. The Morgan fingerprint density at radius 1 is 1.22 bits per heavy atom. The molecule has 0 spiro atoms. The topological polar surface area (TPSA) is 57.6 Å². The molecule has 0 saturated carbocycles. The van der Waals surface area contributed by atoms with Gasteiger partial charge in [0.05, 0.1) is 6.61 Å². The minimum Gasteiger partial charge on any atom is -0.392 e. The van der Waals surface area contributed by atoms with Gasteiger partial charge in [0, 0.05) is 13.1 Å². The highest BCUT2D eigenvalue weighted by molar-refractivity contribution is 7.89. The lowest BCUT2D eigenvalue weighted by Crippen LogP contribution is -2.29. The Labute approximate surface area is 104 Å². The summed E-state index contributed by atoms with van der Waals surface area (Å²) in [7, 11) is -4.02. The molecule has 100 valence electrons. The van der Waals surface area contributed by atoms with Crippen LogP contribution in [0.3, 0.4) is 0 Å². The Kier molecular flexibility index (Phi) is 3.65. The standard InChI is InChI=1S/C11H13F2NO3S/c12-9-5-8(7-15)6-10(11(9)13)18(16,17)14-3-1-2-4-14/h5-6,15H,1-4,7H2. The summed E-state index contributed by atoms with van der Waals surface area (Å²) in [6.07, 6.45) is 1.42. The van der Waals surface area contributed by atoms with Crippen LogP contribution in [0.4, 0.5) is 8.78 Å². The molecule has 0 amide bonds. The molecule has 1 heterocycles. The highest BCUT2D eigenvalue weighted by Crippen LogP contribution is 2.25. The maximum Gasteiger partial charge on any atom is 0.246 e. The molecule has 2 rings (SSSR count). The first kappa shape index (κ1) is 13.4. The molecule has 7 heteroatoms. The fourth-order valence-corrected chi connectivity index (χ4v) is 3.61. The number of aliphatic hydroxyl groups excluding tert-OH is 1. The third kappa shape index (κ3) is 2.25. The van der Waals surface area contributed by atoms with Gasteiger partial charge in [-0.25, -0.2) is 17.2 Å². The number of hydrogen-bond donors (Lipinski definition) is 1. The summed E-state index contributed by atoms with van der Waals surface area (Å²) in [5.41, 5.74) is 0.0340. The van der Waals surface area contributed by atoms with E-state index in [1.165, 1.54) is 0 Å². The van der Waals surface area contributed by atoms with E-state index in [-0.39, 0.29) is 5.56 Å². The van der Waals surface area contributed by atoms with E-state index in [0.717, 1.165) is 16.4 Å². The van der Waals surface area contributed by atoms with Crippen molar-refractivity contribution in [2.45, 2.75) is 24.3 Å². The SMILES string of the molecule is O=S(=O)(c1cc(CO)cc(F)c1F)N1CCCC1. The Bertz CT molecular complexity index is 554. The number of rotatable bonds is 3. The Morgan fingerprint density at radius 2 is 1.83 bits per heavy atom. The predicted octanol–water partition coefficient (Wildman–Crippen LogP) is 1.24. The average molecular weight is 277 g/mol. The van der Waals surface area contributed by atoms with Crippen molar-refractivity contribution < 1.29 is 22.3 Å². The van der Waals surface area contributed by atoms with Gasteiger partial charge in [-0.15, -0.1) is 0 Å². The van der Waals surface area contributed by atoms with Crippen LogP contribution >= 0.6 is 0 Å². The zero-order valence-corrected chi connectivity index (χ0v) is 10.4. The summed E-state index contributed by atoms with van der Waals surface area (Å²) in [6.45, 7) is 0.0825. The van der Waals surface area contributed by atoms with Crippen LogP contribution in [-0.2, 0) is 16.6 Å². The molecule has 1 fully saturated rings. The van der Waals surface area contributed by atoms with Crippen molar-refractivity contribution in [1.82, 2.24) is 4.31 Å². The molecule has 0 atom stereocenters. The molecule has 1 N–H and O–H groups in total. The largest absolute Gasteiger partial charge is 0.392 e. The van der Waals surface area contributed by atoms with Crippen molar-refractivity contribution >= 4 is 10.0 Å². The van der Waals surface area contributed by atoms with Gasteiger partial charge in [0.25, 0.3) is 0 Å². The van der Waals surface area contributed by atoms with E-state index in [1.54, 1.807) is 0 Å². The van der Waals surface area contributed by atoms with Crippen LogP contribution in [0.1, 0.15) is 18.4 Å². The quantitative estimate of drug-likeness (QED) is 0.904. The zero-order chi connectivity index (χ0) is 13.3. The van der Waals surface area contributed by atoms with E-state index in [2.05, 4.69) is 0 Å². The molecule has 0 radical (unpaired) electrons. The number of hydrogen-bond acceptors (Lipinski definition) is 3. The molecule has 0 unspecified atom stereocenters. The number of nitrogens with zero attached hydrogens (tertiary/aromatic N) is 1. The molecule has 1 aliphatic rings. The summed E-state index contributed by atoms with van der Waals surface area (Å²) in [5, 5.41) is 8.91. The molecule has 1 aliphatic heterocycles. The highest BCUT2D eigenvalue weighted by atomic mass is 32.2. The van der Waals surface area contributed by atoms with Gasteiger partial charge in [-0.1, -0.05) is 0 Å². The van der Waals surface area contributed by atoms with Gasteiger partial charge in [-0.05, 0) is 30.5 Å². The fraction of sp³-hybridized carbons (Fsp3) is 0.455. The first-order chi connectivity index (χ1) is 8.46. The van der Waals surface area contributed by atoms with Crippen molar-refractivity contribution in [1.29, 1.82) is 0 Å². The third-order valence-corrected chi connectivity index (χ3v) is 4.82. The van der Waals surface area contributed by atoms with Crippen molar-refractivity contribution in [2.24, 2.45) is 0 Å². The third-order valence-electron chi connectivity index (χ3n) is 2.92. The monoisotopic (exact) mass is 277 g/mol. The zero-order valence-electron chi connectivity index (χ0n) is 9.57. The van der Waals surface area contributed by atoms with Crippen LogP contribution in [0, 0.1) is 11.6 Å². The van der Waals surface area contributed by atoms with Crippen LogP contribution in [0.5, 0.6) is 0 Å². The lowest BCUT2D eigenvalue weighted by Gasteiger charge is -2.16. The summed E-state index contributed by atoms with van der Waals surface area (Å²) >= 11 is 0. The van der Waals surface area contributed by atoms with Crippen molar-refractivity contribution in [3.63, 3.8) is 0 Å². The second-order valence-electron chi connectivity index (χ2n) is 4.16. The van der Waals surface area contributed by atoms with E-state index in [4.69, 9.17) is 5.11 Å². The van der Waals surface area contributed by atoms with Gasteiger partial charge in [0.15, 0.2) is 11.6 Å². The summed E-state index contributed by atoms with van der Waals surface area (Å²) in [6, 6.07) is 1.77. The van der Waals surface area contributed by atoms with Gasteiger partial charge in [0.1, 0.15) is 4.90 Å². The van der Waals surface area contributed by atoms with Crippen molar-refractivity contribution in [3.05, 3.63) is 29.3 Å². The molecule has 1 aromatic carbocycles. The van der Waals surface area contributed by atoms with Gasteiger partial charge in [-0.3, -0.25) is 0 Å². The Hall–Kier alpha value is -1.05. The van der Waals surface area contributed by atoms with E-state index in [9.17, 15) is 17.2 Å². The van der Waals surface area contributed by atoms with E-state index in [0.29, 0.717) is 25.9 Å². The maximum absolute atomic E-state index is 13.6. The maximum atomic E-state index is 13.6. The van der Waals surface area contributed by atoms with Gasteiger partial charge >= 0.3 is 0 Å². The summed E-state index contributed by atoms with van der Waals surface area (Å²) < 4.78 is 52.2. The summed E-state index contributed by atoms with van der Waals surface area (Å²) in [5.74, 6) is -2.65. The van der Waals surface area contributed by atoms with Crippen LogP contribution in [0.25, 0.3) is 0 Å². The highest BCUT2D eigenvalue weighted by Gasteiger charge is 2.31. The smallest absolute Gasteiger partial charge is 0.246 e. The van der Waals surface area contributed by atoms with Crippen molar-refractivity contribution in [2.75, 3.05) is 13.1 Å². The lowest BCUT2D eigenvalue weighted by atomic mass is 10.2. The molecule has 1 aromatic rings. The Balaban J connectivity index is 2.52. The minimum atomic E-state index is -4.02. The average Bonchev–Trinajstić information content (AvgIpc) is 2.86. The van der Waals surface area contributed by atoms with E-state index in [1.807, 2.05) is 0 Å². The molecule has 0 bridgehead atoms. The van der Waals surface area contributed by atoms with Gasteiger partial charge < -0.3 is 5.11 Å². The van der Waals surface area contributed by atoms with Crippen LogP contribution in [0.15, 0.2) is 17.0 Å². The molecule has 4 nitrogen and oxygen atoms in total. The minimum absolute atomic E-state index is 0.0340. The molecular formula is C11H13F2NO3S.